The van der Waals surface area contributed by atoms with Gasteiger partial charge in [-0.05, 0) is 10.4 Å². The predicted molar refractivity (Wildman–Crippen MR) is 80.2 cm³/mol. The molecule has 1 nitrogen and oxygen atoms in total. The SMILES string of the molecule is C[Si](C)(C)c1cc([Si](C)(C)C)c(Cl)nc1Cl. The third-order valence-electron chi connectivity index (χ3n) is 2.55. The van der Waals surface area contributed by atoms with Crippen molar-refractivity contribution < 1.29 is 0 Å². The Kier molecular flexibility index (Phi) is 3.95. The number of pyridine rings is 1. The monoisotopic (exact) mass is 291 g/mol. The molecule has 0 saturated heterocycles. The van der Waals surface area contributed by atoms with E-state index in [0.29, 0.717) is 10.3 Å². The van der Waals surface area contributed by atoms with Crippen LogP contribution in [0.25, 0.3) is 0 Å². The molecule has 0 fully saturated rings. The second kappa shape index (κ2) is 4.44. The zero-order valence-corrected chi connectivity index (χ0v) is 14.3. The molecule has 0 aromatic carbocycles. The average molecular weight is 292 g/mol. The molecule has 0 radical (unpaired) electrons. The Morgan fingerprint density at radius 2 is 1.12 bits per heavy atom. The topological polar surface area (TPSA) is 12.9 Å². The molecular weight excluding hydrogens is 273 g/mol. The largest absolute Gasteiger partial charge is 0.225 e. The van der Waals surface area contributed by atoms with Crippen LogP contribution in [-0.4, -0.2) is 21.1 Å². The van der Waals surface area contributed by atoms with Crippen LogP contribution in [0.15, 0.2) is 6.07 Å². The van der Waals surface area contributed by atoms with Gasteiger partial charge >= 0.3 is 0 Å². The molecule has 16 heavy (non-hydrogen) atoms. The fourth-order valence-electron chi connectivity index (χ4n) is 1.52. The zero-order valence-electron chi connectivity index (χ0n) is 10.8. The molecule has 0 unspecified atom stereocenters. The molecule has 0 amide bonds. The Morgan fingerprint density at radius 1 is 0.812 bits per heavy atom. The Balaban J connectivity index is 3.45. The first-order valence-corrected chi connectivity index (χ1v) is 13.2. The van der Waals surface area contributed by atoms with Crippen LogP contribution < -0.4 is 10.4 Å². The maximum absolute atomic E-state index is 6.19. The summed E-state index contributed by atoms with van der Waals surface area (Å²) < 4.78 is 0. The highest BCUT2D eigenvalue weighted by Crippen LogP contribution is 2.16. The van der Waals surface area contributed by atoms with E-state index in [2.05, 4.69) is 50.3 Å². The molecule has 0 aliphatic heterocycles. The molecule has 0 aliphatic carbocycles. The minimum Gasteiger partial charge on any atom is -0.225 e. The van der Waals surface area contributed by atoms with Crippen LogP contribution >= 0.6 is 23.2 Å². The van der Waals surface area contributed by atoms with Gasteiger partial charge in [-0.1, -0.05) is 68.6 Å². The van der Waals surface area contributed by atoms with Crippen LogP contribution in [0.2, 0.25) is 49.6 Å². The summed E-state index contributed by atoms with van der Waals surface area (Å²) in [6.07, 6.45) is 0. The van der Waals surface area contributed by atoms with Crippen molar-refractivity contribution in [3.8, 4) is 0 Å². The van der Waals surface area contributed by atoms with E-state index < -0.39 is 16.1 Å². The highest BCUT2D eigenvalue weighted by atomic mass is 35.5. The fraction of sp³-hybridized carbons (Fsp3) is 0.545. The number of hydrogen-bond donors (Lipinski definition) is 0. The van der Waals surface area contributed by atoms with Gasteiger partial charge in [0, 0.05) is 0 Å². The molecule has 1 aromatic heterocycles. The van der Waals surface area contributed by atoms with Gasteiger partial charge in [-0.15, -0.1) is 0 Å². The molecular formula is C11H19Cl2NSi2. The Bertz CT molecular complexity index is 370. The quantitative estimate of drug-likeness (QED) is 0.601. The summed E-state index contributed by atoms with van der Waals surface area (Å²) >= 11 is 12.4. The number of halogens is 2. The Hall–Kier alpha value is 0.164. The molecule has 0 saturated carbocycles. The van der Waals surface area contributed by atoms with Crippen LogP contribution in [-0.2, 0) is 0 Å². The van der Waals surface area contributed by atoms with Crippen LogP contribution in [0, 0.1) is 0 Å². The van der Waals surface area contributed by atoms with Gasteiger partial charge in [0.25, 0.3) is 0 Å². The summed E-state index contributed by atoms with van der Waals surface area (Å²) in [6, 6.07) is 2.20. The first kappa shape index (κ1) is 14.2. The van der Waals surface area contributed by atoms with Crippen LogP contribution in [0.4, 0.5) is 0 Å². The van der Waals surface area contributed by atoms with Crippen molar-refractivity contribution in [3.63, 3.8) is 0 Å². The summed E-state index contributed by atoms with van der Waals surface area (Å²) in [5, 5.41) is 3.62. The van der Waals surface area contributed by atoms with Gasteiger partial charge in [0.15, 0.2) is 0 Å². The molecule has 1 aromatic rings. The first-order chi connectivity index (χ1) is 7.03. The molecule has 90 valence electrons. The number of rotatable bonds is 2. The fourth-order valence-corrected chi connectivity index (χ4v) is 6.19. The smallest absolute Gasteiger partial charge is 0.130 e. The normalized spacial score (nSPS) is 13.0. The van der Waals surface area contributed by atoms with Crippen molar-refractivity contribution in [3.05, 3.63) is 16.4 Å². The maximum atomic E-state index is 6.19. The predicted octanol–water partition coefficient (Wildman–Crippen LogP) is 3.48. The maximum Gasteiger partial charge on any atom is 0.130 e. The van der Waals surface area contributed by atoms with Gasteiger partial charge in [-0.25, -0.2) is 4.98 Å². The van der Waals surface area contributed by atoms with E-state index in [1.165, 1.54) is 10.4 Å². The summed E-state index contributed by atoms with van der Waals surface area (Å²) in [7, 11) is -2.88. The summed E-state index contributed by atoms with van der Waals surface area (Å²) in [4.78, 5) is 4.31. The Labute approximate surface area is 110 Å². The van der Waals surface area contributed by atoms with E-state index in [1.807, 2.05) is 0 Å². The number of hydrogen-bond acceptors (Lipinski definition) is 1. The second-order valence-electron chi connectivity index (χ2n) is 6.17. The van der Waals surface area contributed by atoms with E-state index >= 15 is 0 Å². The van der Waals surface area contributed by atoms with Crippen LogP contribution in [0.1, 0.15) is 0 Å². The second-order valence-corrected chi connectivity index (χ2v) is 17.0. The Morgan fingerprint density at radius 3 is 1.38 bits per heavy atom. The number of nitrogens with zero attached hydrogens (tertiary/aromatic N) is 1. The lowest BCUT2D eigenvalue weighted by Gasteiger charge is -2.24. The minimum atomic E-state index is -1.44. The molecule has 0 atom stereocenters. The third-order valence-corrected chi connectivity index (χ3v) is 7.43. The van der Waals surface area contributed by atoms with Crippen molar-refractivity contribution in [1.82, 2.24) is 4.98 Å². The third kappa shape index (κ3) is 3.09. The summed E-state index contributed by atoms with van der Waals surface area (Å²) in [6.45, 7) is 13.7. The van der Waals surface area contributed by atoms with E-state index in [4.69, 9.17) is 23.2 Å². The molecule has 1 rings (SSSR count). The van der Waals surface area contributed by atoms with Gasteiger partial charge in [-0.3, -0.25) is 0 Å². The van der Waals surface area contributed by atoms with Crippen molar-refractivity contribution in [2.45, 2.75) is 39.3 Å². The molecule has 1 heterocycles. The highest BCUT2D eigenvalue weighted by Gasteiger charge is 2.27. The average Bonchev–Trinajstić information content (AvgIpc) is 1.97. The van der Waals surface area contributed by atoms with E-state index in [9.17, 15) is 0 Å². The van der Waals surface area contributed by atoms with Gasteiger partial charge in [0.1, 0.15) is 10.3 Å². The summed E-state index contributed by atoms with van der Waals surface area (Å²) in [5.41, 5.74) is 0. The van der Waals surface area contributed by atoms with Crippen molar-refractivity contribution >= 4 is 49.7 Å². The van der Waals surface area contributed by atoms with Crippen molar-refractivity contribution in [2.75, 3.05) is 0 Å². The lowest BCUT2D eigenvalue weighted by molar-refractivity contribution is 1.35. The van der Waals surface area contributed by atoms with Gasteiger partial charge in [0.2, 0.25) is 0 Å². The number of aromatic nitrogens is 1. The highest BCUT2D eigenvalue weighted by molar-refractivity contribution is 6.93. The summed E-state index contributed by atoms with van der Waals surface area (Å²) in [5.74, 6) is 0. The minimum absolute atomic E-state index is 0.589. The lowest BCUT2D eigenvalue weighted by atomic mass is 10.5. The molecule has 0 aliphatic rings. The van der Waals surface area contributed by atoms with Crippen molar-refractivity contribution in [2.24, 2.45) is 0 Å². The molecule has 5 heteroatoms. The molecule has 0 N–H and O–H groups in total. The lowest BCUT2D eigenvalue weighted by Crippen LogP contribution is -2.46. The molecule has 0 spiro atoms. The first-order valence-electron chi connectivity index (χ1n) is 5.40. The standard InChI is InChI=1S/C11H19Cl2NSi2/c1-15(2,3)8-7-9(16(4,5)6)11(13)14-10(8)12/h7H,1-6H3. The molecule has 0 bridgehead atoms. The van der Waals surface area contributed by atoms with Gasteiger partial charge in [-0.2, -0.15) is 0 Å². The zero-order chi connectivity index (χ0) is 12.7. The van der Waals surface area contributed by atoms with Crippen LogP contribution in [0.3, 0.4) is 0 Å². The van der Waals surface area contributed by atoms with E-state index in [-0.39, 0.29) is 0 Å². The van der Waals surface area contributed by atoms with Crippen molar-refractivity contribution in [1.29, 1.82) is 0 Å². The van der Waals surface area contributed by atoms with Gasteiger partial charge < -0.3 is 0 Å². The van der Waals surface area contributed by atoms with Crippen LogP contribution in [0.5, 0.6) is 0 Å². The van der Waals surface area contributed by atoms with E-state index in [0.717, 1.165) is 0 Å². The van der Waals surface area contributed by atoms with Gasteiger partial charge in [0.05, 0.1) is 16.1 Å². The van der Waals surface area contributed by atoms with E-state index in [1.54, 1.807) is 0 Å².